The Bertz CT molecular complexity index is 1230. The fourth-order valence-corrected chi connectivity index (χ4v) is 3.58. The van der Waals surface area contributed by atoms with Crippen LogP contribution in [0.15, 0.2) is 67.3 Å². The van der Waals surface area contributed by atoms with Crippen LogP contribution in [0.3, 0.4) is 0 Å². The van der Waals surface area contributed by atoms with Crippen molar-refractivity contribution >= 4 is 16.8 Å². The molecule has 0 radical (unpaired) electrons. The van der Waals surface area contributed by atoms with Crippen molar-refractivity contribution in [2.75, 3.05) is 20.8 Å². The number of amides is 1. The highest BCUT2D eigenvalue weighted by molar-refractivity contribution is 6.00. The Morgan fingerprint density at radius 1 is 0.938 bits per heavy atom. The molecule has 3 heterocycles. The molecular weight excluding hydrogens is 404 g/mol. The fourth-order valence-electron chi connectivity index (χ4n) is 3.58. The molecule has 0 saturated carbocycles. The van der Waals surface area contributed by atoms with Crippen molar-refractivity contribution in [1.29, 1.82) is 0 Å². The number of rotatable bonds is 8. The highest BCUT2D eigenvalue weighted by atomic mass is 16.5. The van der Waals surface area contributed by atoms with E-state index in [1.165, 1.54) is 0 Å². The quantitative estimate of drug-likeness (QED) is 0.426. The Hall–Kier alpha value is -4.00. The number of benzene rings is 1. The minimum atomic E-state index is -0.202. The maximum atomic E-state index is 12.8. The Kier molecular flexibility index (Phi) is 6.55. The van der Waals surface area contributed by atoms with Gasteiger partial charge in [0.25, 0.3) is 5.91 Å². The second kappa shape index (κ2) is 9.87. The number of carbonyl (C=O) groups excluding carboxylic acids is 1. The Balaban J connectivity index is 1.45. The van der Waals surface area contributed by atoms with Crippen molar-refractivity contribution in [2.24, 2.45) is 0 Å². The van der Waals surface area contributed by atoms with Crippen molar-refractivity contribution in [3.8, 4) is 22.6 Å². The van der Waals surface area contributed by atoms with Crippen LogP contribution < -0.4 is 14.8 Å². The van der Waals surface area contributed by atoms with Crippen molar-refractivity contribution in [1.82, 2.24) is 20.3 Å². The first kappa shape index (κ1) is 21.2. The summed E-state index contributed by atoms with van der Waals surface area (Å²) in [5, 5.41) is 3.87. The molecule has 1 amide bonds. The summed E-state index contributed by atoms with van der Waals surface area (Å²) in [6, 6.07) is 13.3. The van der Waals surface area contributed by atoms with Gasteiger partial charge in [0, 0.05) is 36.7 Å². The van der Waals surface area contributed by atoms with Gasteiger partial charge < -0.3 is 14.8 Å². The molecule has 3 aromatic heterocycles. The molecule has 4 rings (SSSR count). The highest BCUT2D eigenvalue weighted by Gasteiger charge is 2.13. The minimum absolute atomic E-state index is 0.202. The van der Waals surface area contributed by atoms with Crippen LogP contribution in [0.1, 0.15) is 22.5 Å². The molecule has 0 aliphatic rings. The summed E-state index contributed by atoms with van der Waals surface area (Å²) in [6.45, 7) is 0.536. The zero-order valence-electron chi connectivity index (χ0n) is 18.0. The van der Waals surface area contributed by atoms with E-state index in [2.05, 4.69) is 20.3 Å². The molecule has 7 heteroatoms. The van der Waals surface area contributed by atoms with Gasteiger partial charge in [0.15, 0.2) is 11.5 Å². The van der Waals surface area contributed by atoms with Crippen LogP contribution in [0.25, 0.3) is 22.0 Å². The molecule has 0 fully saturated rings. The maximum Gasteiger partial charge on any atom is 0.269 e. The summed E-state index contributed by atoms with van der Waals surface area (Å²) in [7, 11) is 3.24. The van der Waals surface area contributed by atoms with Gasteiger partial charge >= 0.3 is 0 Å². The number of fused-ring (bicyclic) bond motifs is 1. The highest BCUT2D eigenvalue weighted by Crippen LogP contribution is 2.29. The minimum Gasteiger partial charge on any atom is -0.493 e. The molecule has 0 saturated heterocycles. The first-order valence-electron chi connectivity index (χ1n) is 10.3. The van der Waals surface area contributed by atoms with E-state index in [4.69, 9.17) is 9.47 Å². The second-order valence-electron chi connectivity index (χ2n) is 7.23. The summed E-state index contributed by atoms with van der Waals surface area (Å²) >= 11 is 0. The monoisotopic (exact) mass is 428 g/mol. The predicted octanol–water partition coefficient (Wildman–Crippen LogP) is 4.07. The van der Waals surface area contributed by atoms with E-state index < -0.39 is 0 Å². The number of methoxy groups -OCH3 is 2. The molecule has 1 N–H and O–H groups in total. The molecule has 7 nitrogen and oxygen atoms in total. The van der Waals surface area contributed by atoms with Gasteiger partial charge in [0.2, 0.25) is 0 Å². The van der Waals surface area contributed by atoms with Gasteiger partial charge in [-0.05, 0) is 65.9 Å². The van der Waals surface area contributed by atoms with Gasteiger partial charge in [0.05, 0.1) is 19.7 Å². The van der Waals surface area contributed by atoms with Gasteiger partial charge in [-0.25, -0.2) is 4.98 Å². The van der Waals surface area contributed by atoms with E-state index in [0.29, 0.717) is 23.7 Å². The summed E-state index contributed by atoms with van der Waals surface area (Å²) in [4.78, 5) is 25.7. The van der Waals surface area contributed by atoms with Crippen LogP contribution >= 0.6 is 0 Å². The Morgan fingerprint density at radius 3 is 2.50 bits per heavy atom. The third-order valence-electron chi connectivity index (χ3n) is 5.21. The first-order chi connectivity index (χ1) is 15.7. The number of pyridine rings is 3. The number of aryl methyl sites for hydroxylation is 1. The number of nitrogens with zero attached hydrogens (tertiary/aromatic N) is 3. The largest absolute Gasteiger partial charge is 0.493 e. The second-order valence-corrected chi connectivity index (χ2v) is 7.23. The lowest BCUT2D eigenvalue weighted by molar-refractivity contribution is 0.0948. The van der Waals surface area contributed by atoms with E-state index in [1.54, 1.807) is 39.0 Å². The van der Waals surface area contributed by atoms with Crippen LogP contribution in [0.2, 0.25) is 0 Å². The van der Waals surface area contributed by atoms with Gasteiger partial charge in [-0.1, -0.05) is 6.07 Å². The van der Waals surface area contributed by atoms with Crippen molar-refractivity contribution in [2.45, 2.75) is 12.8 Å². The molecule has 162 valence electrons. The molecule has 0 spiro atoms. The van der Waals surface area contributed by atoms with E-state index in [9.17, 15) is 4.79 Å². The SMILES string of the molecule is COc1ccc(CCCNC(=O)c2cc(-c3ccncc3)c3cnccc3n2)cc1OC. The number of nitrogens with one attached hydrogen (secondary N) is 1. The van der Waals surface area contributed by atoms with Crippen LogP contribution in [0, 0.1) is 0 Å². The standard InChI is InChI=1S/C25H24N4O3/c1-31-23-6-5-17(14-24(23)32-2)4-3-10-28-25(30)22-15-19(18-7-11-26-12-8-18)20-16-27-13-9-21(20)29-22/h5-9,11-16H,3-4,10H2,1-2H3,(H,28,30). The maximum absolute atomic E-state index is 12.8. The average molecular weight is 428 g/mol. The topological polar surface area (TPSA) is 86.2 Å². The Morgan fingerprint density at radius 2 is 1.72 bits per heavy atom. The number of hydrogen-bond donors (Lipinski definition) is 1. The third kappa shape index (κ3) is 4.67. The molecule has 32 heavy (non-hydrogen) atoms. The molecule has 0 bridgehead atoms. The first-order valence-corrected chi connectivity index (χ1v) is 10.3. The van der Waals surface area contributed by atoms with E-state index in [-0.39, 0.29) is 5.91 Å². The van der Waals surface area contributed by atoms with Crippen molar-refractivity contribution in [3.05, 3.63) is 78.5 Å². The number of hydrogen-bond acceptors (Lipinski definition) is 6. The van der Waals surface area contributed by atoms with Gasteiger partial charge in [-0.15, -0.1) is 0 Å². The molecule has 0 atom stereocenters. The smallest absolute Gasteiger partial charge is 0.269 e. The molecule has 0 aliphatic heterocycles. The number of carbonyl (C=O) groups is 1. The van der Waals surface area contributed by atoms with Crippen LogP contribution in [-0.2, 0) is 6.42 Å². The molecule has 1 aromatic carbocycles. The van der Waals surface area contributed by atoms with E-state index >= 15 is 0 Å². The third-order valence-corrected chi connectivity index (χ3v) is 5.21. The summed E-state index contributed by atoms with van der Waals surface area (Å²) in [5.41, 5.74) is 4.09. The van der Waals surface area contributed by atoms with E-state index in [0.717, 1.165) is 40.4 Å². The van der Waals surface area contributed by atoms with Gasteiger partial charge in [-0.3, -0.25) is 14.8 Å². The molecule has 0 aliphatic carbocycles. The van der Waals surface area contributed by atoms with Gasteiger partial charge in [0.1, 0.15) is 5.69 Å². The lowest BCUT2D eigenvalue weighted by Gasteiger charge is -2.11. The number of ether oxygens (including phenoxy) is 2. The Labute approximate surface area is 186 Å². The van der Waals surface area contributed by atoms with Gasteiger partial charge in [-0.2, -0.15) is 0 Å². The number of aromatic nitrogens is 3. The lowest BCUT2D eigenvalue weighted by atomic mass is 10.0. The summed E-state index contributed by atoms with van der Waals surface area (Å²) in [5.74, 6) is 1.20. The summed E-state index contributed by atoms with van der Waals surface area (Å²) < 4.78 is 10.6. The zero-order chi connectivity index (χ0) is 22.3. The summed E-state index contributed by atoms with van der Waals surface area (Å²) in [6.07, 6.45) is 8.49. The van der Waals surface area contributed by atoms with Crippen LogP contribution in [-0.4, -0.2) is 41.6 Å². The lowest BCUT2D eigenvalue weighted by Crippen LogP contribution is -2.25. The molecule has 0 unspecified atom stereocenters. The average Bonchev–Trinajstić information content (AvgIpc) is 2.86. The van der Waals surface area contributed by atoms with Crippen LogP contribution in [0.4, 0.5) is 0 Å². The van der Waals surface area contributed by atoms with Crippen molar-refractivity contribution < 1.29 is 14.3 Å². The van der Waals surface area contributed by atoms with Crippen LogP contribution in [0.5, 0.6) is 11.5 Å². The van der Waals surface area contributed by atoms with E-state index in [1.807, 2.05) is 42.5 Å². The zero-order valence-corrected chi connectivity index (χ0v) is 18.0. The fraction of sp³-hybridized carbons (Fsp3) is 0.200. The molecular formula is C25H24N4O3. The van der Waals surface area contributed by atoms with Crippen molar-refractivity contribution in [3.63, 3.8) is 0 Å². The predicted molar refractivity (Wildman–Crippen MR) is 123 cm³/mol. The molecule has 4 aromatic rings. The normalized spacial score (nSPS) is 10.7.